The number of nitrogens with zero attached hydrogens (tertiary/aromatic N) is 2. The van der Waals surface area contributed by atoms with Crippen LogP contribution in [0.3, 0.4) is 0 Å². The normalized spacial score (nSPS) is 19.3. The Morgan fingerprint density at radius 2 is 1.82 bits per heavy atom. The van der Waals surface area contributed by atoms with Crippen LogP contribution in [0.5, 0.6) is 0 Å². The molecule has 0 bridgehead atoms. The number of carbonyl (C=O) groups is 1. The summed E-state index contributed by atoms with van der Waals surface area (Å²) in [6.07, 6.45) is 0. The van der Waals surface area contributed by atoms with Crippen LogP contribution < -0.4 is 5.32 Å². The van der Waals surface area contributed by atoms with E-state index < -0.39 is 5.41 Å². The van der Waals surface area contributed by atoms with Gasteiger partial charge in [0.2, 0.25) is 0 Å². The summed E-state index contributed by atoms with van der Waals surface area (Å²) < 4.78 is 0. The number of hydroxylamine groups is 2. The van der Waals surface area contributed by atoms with E-state index in [1.54, 1.807) is 5.06 Å². The molecule has 1 aliphatic heterocycles. The van der Waals surface area contributed by atoms with Gasteiger partial charge in [0.25, 0.3) is 0 Å². The highest BCUT2D eigenvalue weighted by Crippen LogP contribution is 2.16. The fourth-order valence-corrected chi connectivity index (χ4v) is 1.57. The van der Waals surface area contributed by atoms with Crippen molar-refractivity contribution >= 4 is 5.97 Å². The van der Waals surface area contributed by atoms with Gasteiger partial charge in [0.15, 0.2) is 0 Å². The molecule has 0 atom stereocenters. The Kier molecular flexibility index (Phi) is 5.36. The van der Waals surface area contributed by atoms with Crippen LogP contribution >= 0.6 is 0 Å². The highest BCUT2D eigenvalue weighted by molar-refractivity contribution is 5.75. The molecule has 1 saturated heterocycles. The average molecular weight is 243 g/mol. The highest BCUT2D eigenvalue weighted by atomic mass is 16.7. The van der Waals surface area contributed by atoms with Crippen LogP contribution in [0, 0.1) is 5.41 Å². The second-order valence-electron chi connectivity index (χ2n) is 5.50. The van der Waals surface area contributed by atoms with Crippen LogP contribution in [0.15, 0.2) is 0 Å². The first kappa shape index (κ1) is 14.4. The number of hydrogen-bond acceptors (Lipinski definition) is 5. The van der Waals surface area contributed by atoms with Crippen molar-refractivity contribution in [1.29, 1.82) is 0 Å². The zero-order chi connectivity index (χ0) is 12.9. The first-order chi connectivity index (χ1) is 7.93. The molecule has 0 aliphatic carbocycles. The SMILES string of the molecule is CNCCN1CCN(OC(=O)C(C)(C)C)CC1. The smallest absolute Gasteiger partial charge is 0.330 e. The largest absolute Gasteiger partial charge is 0.367 e. The Labute approximate surface area is 104 Å². The molecule has 1 aliphatic rings. The lowest BCUT2D eigenvalue weighted by molar-refractivity contribution is -0.206. The van der Waals surface area contributed by atoms with Gasteiger partial charge in [0, 0.05) is 39.3 Å². The predicted molar refractivity (Wildman–Crippen MR) is 67.5 cm³/mol. The van der Waals surface area contributed by atoms with Gasteiger partial charge in [0.1, 0.15) is 0 Å². The molecule has 0 aromatic carbocycles. The first-order valence-corrected chi connectivity index (χ1v) is 6.28. The first-order valence-electron chi connectivity index (χ1n) is 6.28. The molecule has 0 spiro atoms. The summed E-state index contributed by atoms with van der Waals surface area (Å²) in [6.45, 7) is 11.2. The number of hydrogen-bond donors (Lipinski definition) is 1. The van der Waals surface area contributed by atoms with Crippen LogP contribution in [0.25, 0.3) is 0 Å². The lowest BCUT2D eigenvalue weighted by Crippen LogP contribution is -2.49. The van der Waals surface area contributed by atoms with Crippen LogP contribution in [0.4, 0.5) is 0 Å². The van der Waals surface area contributed by atoms with Crippen LogP contribution in [0.1, 0.15) is 20.8 Å². The number of likely N-dealkylation sites (N-methyl/N-ethyl adjacent to an activating group) is 1. The van der Waals surface area contributed by atoms with Gasteiger partial charge in [-0.3, -0.25) is 4.90 Å². The number of rotatable bonds is 4. The van der Waals surface area contributed by atoms with E-state index >= 15 is 0 Å². The zero-order valence-corrected chi connectivity index (χ0v) is 11.5. The van der Waals surface area contributed by atoms with E-state index in [0.29, 0.717) is 0 Å². The molecule has 1 rings (SSSR count). The molecule has 0 radical (unpaired) electrons. The molecule has 0 aromatic rings. The van der Waals surface area contributed by atoms with Gasteiger partial charge < -0.3 is 10.2 Å². The Hall–Kier alpha value is -0.650. The van der Waals surface area contributed by atoms with Crippen LogP contribution in [-0.2, 0) is 9.63 Å². The lowest BCUT2D eigenvalue weighted by Gasteiger charge is -2.34. The van der Waals surface area contributed by atoms with Gasteiger partial charge in [-0.2, -0.15) is 0 Å². The second-order valence-corrected chi connectivity index (χ2v) is 5.50. The number of nitrogens with one attached hydrogen (secondary N) is 1. The monoisotopic (exact) mass is 243 g/mol. The summed E-state index contributed by atoms with van der Waals surface area (Å²) in [5.74, 6) is -0.152. The standard InChI is InChI=1S/C12H25N3O2/c1-12(2,3)11(16)17-15-9-7-14(8-10-15)6-5-13-4/h13H,5-10H2,1-4H3. The average Bonchev–Trinajstić information content (AvgIpc) is 2.27. The van der Waals surface area contributed by atoms with Gasteiger partial charge in [-0.25, -0.2) is 4.79 Å². The fourth-order valence-electron chi connectivity index (χ4n) is 1.57. The Morgan fingerprint density at radius 1 is 1.24 bits per heavy atom. The van der Waals surface area contributed by atoms with Crippen molar-refractivity contribution in [1.82, 2.24) is 15.3 Å². The molecule has 0 amide bonds. The Morgan fingerprint density at radius 3 is 2.29 bits per heavy atom. The molecule has 1 N–H and O–H groups in total. The molecule has 17 heavy (non-hydrogen) atoms. The third-order valence-corrected chi connectivity index (χ3v) is 2.83. The molecule has 0 unspecified atom stereocenters. The van der Waals surface area contributed by atoms with Gasteiger partial charge in [-0.05, 0) is 27.8 Å². The van der Waals surface area contributed by atoms with E-state index in [2.05, 4.69) is 10.2 Å². The van der Waals surface area contributed by atoms with E-state index in [9.17, 15) is 4.79 Å². The third kappa shape index (κ3) is 5.02. The van der Waals surface area contributed by atoms with E-state index in [0.717, 1.165) is 39.3 Å². The van der Waals surface area contributed by atoms with Gasteiger partial charge in [0.05, 0.1) is 5.41 Å². The van der Waals surface area contributed by atoms with Crippen LogP contribution in [-0.4, -0.2) is 62.2 Å². The van der Waals surface area contributed by atoms with Gasteiger partial charge in [-0.1, -0.05) is 0 Å². The maximum absolute atomic E-state index is 11.7. The van der Waals surface area contributed by atoms with Crippen molar-refractivity contribution in [2.24, 2.45) is 5.41 Å². The predicted octanol–water partition coefficient (Wildman–Crippen LogP) is 0.328. The molecule has 0 saturated carbocycles. The lowest BCUT2D eigenvalue weighted by atomic mass is 9.98. The zero-order valence-electron chi connectivity index (χ0n) is 11.5. The Balaban J connectivity index is 2.25. The minimum absolute atomic E-state index is 0.152. The van der Waals surface area contributed by atoms with E-state index in [4.69, 9.17) is 4.84 Å². The van der Waals surface area contributed by atoms with E-state index in [-0.39, 0.29) is 5.97 Å². The summed E-state index contributed by atoms with van der Waals surface area (Å²) >= 11 is 0. The Bertz CT molecular complexity index is 243. The molecule has 1 heterocycles. The summed E-state index contributed by atoms with van der Waals surface area (Å²) in [5, 5.41) is 4.92. The fraction of sp³-hybridized carbons (Fsp3) is 0.917. The van der Waals surface area contributed by atoms with Gasteiger partial charge in [-0.15, -0.1) is 5.06 Å². The summed E-state index contributed by atoms with van der Waals surface area (Å²) in [7, 11) is 1.96. The second kappa shape index (κ2) is 6.33. The van der Waals surface area contributed by atoms with Crippen LogP contribution in [0.2, 0.25) is 0 Å². The summed E-state index contributed by atoms with van der Waals surface area (Å²) in [6, 6.07) is 0. The number of piperazine rings is 1. The minimum atomic E-state index is -0.427. The molecule has 5 heteroatoms. The quantitative estimate of drug-likeness (QED) is 0.771. The van der Waals surface area contributed by atoms with Crippen molar-refractivity contribution in [3.8, 4) is 0 Å². The minimum Gasteiger partial charge on any atom is -0.367 e. The molecule has 5 nitrogen and oxygen atoms in total. The van der Waals surface area contributed by atoms with Crippen molar-refractivity contribution in [2.45, 2.75) is 20.8 Å². The van der Waals surface area contributed by atoms with Crippen molar-refractivity contribution in [3.63, 3.8) is 0 Å². The molecule has 1 fully saturated rings. The maximum atomic E-state index is 11.7. The van der Waals surface area contributed by atoms with Crippen molar-refractivity contribution in [2.75, 3.05) is 46.3 Å². The summed E-state index contributed by atoms with van der Waals surface area (Å²) in [4.78, 5) is 19.4. The number of carbonyl (C=O) groups excluding carboxylic acids is 1. The van der Waals surface area contributed by atoms with E-state index in [1.165, 1.54) is 0 Å². The molecular formula is C12H25N3O2. The molecular weight excluding hydrogens is 218 g/mol. The van der Waals surface area contributed by atoms with Crippen molar-refractivity contribution < 1.29 is 9.63 Å². The third-order valence-electron chi connectivity index (χ3n) is 2.83. The highest BCUT2D eigenvalue weighted by Gasteiger charge is 2.27. The maximum Gasteiger partial charge on any atom is 0.330 e. The topological polar surface area (TPSA) is 44.8 Å². The van der Waals surface area contributed by atoms with Crippen molar-refractivity contribution in [3.05, 3.63) is 0 Å². The molecule has 0 aromatic heterocycles. The van der Waals surface area contributed by atoms with E-state index in [1.807, 2.05) is 27.8 Å². The molecule has 100 valence electrons. The summed E-state index contributed by atoms with van der Waals surface area (Å²) in [5.41, 5.74) is -0.427. The van der Waals surface area contributed by atoms with Gasteiger partial charge >= 0.3 is 5.97 Å².